The summed E-state index contributed by atoms with van der Waals surface area (Å²) in [4.78, 5) is 20.3. The molecule has 62 valence electrons. The van der Waals surface area contributed by atoms with E-state index in [1.54, 1.807) is 0 Å². The fourth-order valence-electron chi connectivity index (χ4n) is 0.385. The molecule has 0 heterocycles. The third-order valence-corrected chi connectivity index (χ3v) is 1.02. The van der Waals surface area contributed by atoms with Gasteiger partial charge in [0.1, 0.15) is 11.7 Å². The van der Waals surface area contributed by atoms with Gasteiger partial charge in [-0.25, -0.2) is 4.79 Å². The number of hydrogen-bond donors (Lipinski definition) is 3. The van der Waals surface area contributed by atoms with Gasteiger partial charge in [0.2, 0.25) is 0 Å². The Morgan fingerprint density at radius 3 is 2.18 bits per heavy atom. The first-order chi connectivity index (χ1) is 4.95. The average molecular weight is 159 g/mol. The van der Waals surface area contributed by atoms with Crippen LogP contribution in [0.1, 0.15) is 6.92 Å². The highest BCUT2D eigenvalue weighted by Gasteiger charge is 2.13. The molecule has 0 aliphatic heterocycles. The van der Waals surface area contributed by atoms with E-state index in [9.17, 15) is 9.59 Å². The van der Waals surface area contributed by atoms with E-state index in [1.165, 1.54) is 6.92 Å². The van der Waals surface area contributed by atoms with Gasteiger partial charge in [0.15, 0.2) is 0 Å². The van der Waals surface area contributed by atoms with E-state index in [0.29, 0.717) is 0 Å². The summed E-state index contributed by atoms with van der Waals surface area (Å²) >= 11 is 0. The Labute approximate surface area is 63.3 Å². The highest BCUT2D eigenvalue weighted by atomic mass is 16.4. The van der Waals surface area contributed by atoms with Crippen molar-refractivity contribution >= 4 is 11.9 Å². The summed E-state index contributed by atoms with van der Waals surface area (Å²) in [6.07, 6.45) is 0. The zero-order valence-electron chi connectivity index (χ0n) is 6.00. The van der Waals surface area contributed by atoms with Crippen LogP contribution in [0, 0.1) is 0 Å². The molecule has 0 saturated heterocycles. The van der Waals surface area contributed by atoms with Crippen LogP contribution in [0.3, 0.4) is 0 Å². The van der Waals surface area contributed by atoms with Gasteiger partial charge in [-0.15, -0.1) is 0 Å². The number of carbonyl (C=O) groups is 2. The monoisotopic (exact) mass is 159 g/mol. The largest absolute Gasteiger partial charge is 0.480 e. The minimum Gasteiger partial charge on any atom is -0.480 e. The maximum Gasteiger partial charge on any atom is 0.351 e. The highest BCUT2D eigenvalue weighted by molar-refractivity contribution is 5.86. The SMILES string of the molecule is C=C(N[C@@H](C)C(=O)O)C(=O)O. The van der Waals surface area contributed by atoms with E-state index >= 15 is 0 Å². The van der Waals surface area contributed by atoms with Crippen LogP contribution in [0.15, 0.2) is 12.3 Å². The summed E-state index contributed by atoms with van der Waals surface area (Å²) in [6.45, 7) is 4.43. The van der Waals surface area contributed by atoms with Gasteiger partial charge in [-0.1, -0.05) is 6.58 Å². The lowest BCUT2D eigenvalue weighted by molar-refractivity contribution is -0.139. The summed E-state index contributed by atoms with van der Waals surface area (Å²) in [7, 11) is 0. The van der Waals surface area contributed by atoms with Gasteiger partial charge in [0, 0.05) is 0 Å². The van der Waals surface area contributed by atoms with Crippen LogP contribution in [0.5, 0.6) is 0 Å². The molecule has 11 heavy (non-hydrogen) atoms. The van der Waals surface area contributed by atoms with Crippen molar-refractivity contribution in [1.82, 2.24) is 5.32 Å². The molecule has 0 bridgehead atoms. The van der Waals surface area contributed by atoms with Crippen LogP contribution in [0.25, 0.3) is 0 Å². The molecule has 0 aromatic rings. The van der Waals surface area contributed by atoms with E-state index in [1.807, 2.05) is 0 Å². The Morgan fingerprint density at radius 1 is 1.45 bits per heavy atom. The molecular weight excluding hydrogens is 150 g/mol. The van der Waals surface area contributed by atoms with Crippen molar-refractivity contribution in [3.05, 3.63) is 12.3 Å². The van der Waals surface area contributed by atoms with Crippen LogP contribution in [-0.4, -0.2) is 28.2 Å². The van der Waals surface area contributed by atoms with Gasteiger partial charge in [-0.2, -0.15) is 0 Å². The Hall–Kier alpha value is -1.52. The Balaban J connectivity index is 3.95. The number of hydrogen-bond acceptors (Lipinski definition) is 3. The van der Waals surface area contributed by atoms with Gasteiger partial charge in [-0.05, 0) is 6.92 Å². The van der Waals surface area contributed by atoms with Crippen molar-refractivity contribution in [3.63, 3.8) is 0 Å². The maximum atomic E-state index is 10.2. The first-order valence-corrected chi connectivity index (χ1v) is 2.86. The molecule has 0 aromatic carbocycles. The van der Waals surface area contributed by atoms with Crippen molar-refractivity contribution in [1.29, 1.82) is 0 Å². The quantitative estimate of drug-likeness (QED) is 0.488. The summed E-state index contributed by atoms with van der Waals surface area (Å²) in [6, 6.07) is -0.932. The van der Waals surface area contributed by atoms with Crippen LogP contribution in [-0.2, 0) is 9.59 Å². The first-order valence-electron chi connectivity index (χ1n) is 2.86. The van der Waals surface area contributed by atoms with E-state index in [4.69, 9.17) is 10.2 Å². The van der Waals surface area contributed by atoms with Crippen LogP contribution in [0.2, 0.25) is 0 Å². The molecule has 0 aliphatic rings. The topological polar surface area (TPSA) is 86.6 Å². The zero-order chi connectivity index (χ0) is 9.02. The predicted octanol–water partition coefficient (Wildman–Crippen LogP) is -0.353. The van der Waals surface area contributed by atoms with Crippen LogP contribution >= 0.6 is 0 Å². The van der Waals surface area contributed by atoms with Crippen molar-refractivity contribution in [2.24, 2.45) is 0 Å². The number of carboxylic acids is 2. The number of aliphatic carboxylic acids is 2. The van der Waals surface area contributed by atoms with E-state index in [2.05, 4.69) is 11.9 Å². The molecule has 5 heteroatoms. The van der Waals surface area contributed by atoms with Gasteiger partial charge in [0.25, 0.3) is 0 Å². The molecule has 0 fully saturated rings. The molecule has 5 nitrogen and oxygen atoms in total. The van der Waals surface area contributed by atoms with E-state index in [-0.39, 0.29) is 5.70 Å². The second-order valence-electron chi connectivity index (χ2n) is 1.99. The highest BCUT2D eigenvalue weighted by Crippen LogP contribution is 1.88. The van der Waals surface area contributed by atoms with Gasteiger partial charge < -0.3 is 15.5 Å². The minimum absolute atomic E-state index is 0.320. The normalized spacial score (nSPS) is 11.7. The van der Waals surface area contributed by atoms with Gasteiger partial charge in [-0.3, -0.25) is 4.79 Å². The Kier molecular flexibility index (Phi) is 3.10. The van der Waals surface area contributed by atoms with Crippen molar-refractivity contribution in [3.8, 4) is 0 Å². The second-order valence-corrected chi connectivity index (χ2v) is 1.99. The Bertz CT molecular complexity index is 199. The molecule has 0 saturated carbocycles. The predicted molar refractivity (Wildman–Crippen MR) is 37.0 cm³/mol. The first kappa shape index (κ1) is 9.48. The smallest absolute Gasteiger partial charge is 0.351 e. The summed E-state index contributed by atoms with van der Waals surface area (Å²) in [5.74, 6) is -2.37. The van der Waals surface area contributed by atoms with Crippen molar-refractivity contribution in [2.75, 3.05) is 0 Å². The molecule has 0 rings (SSSR count). The number of carboxylic acid groups (broad SMARTS) is 2. The van der Waals surface area contributed by atoms with Crippen LogP contribution in [0.4, 0.5) is 0 Å². The molecule has 0 aliphatic carbocycles. The van der Waals surface area contributed by atoms with Crippen molar-refractivity contribution < 1.29 is 19.8 Å². The van der Waals surface area contributed by atoms with Gasteiger partial charge in [0.05, 0.1) is 0 Å². The lowest BCUT2D eigenvalue weighted by Gasteiger charge is -2.08. The van der Waals surface area contributed by atoms with E-state index < -0.39 is 18.0 Å². The molecule has 1 atom stereocenters. The van der Waals surface area contributed by atoms with Crippen LogP contribution < -0.4 is 5.32 Å². The molecule has 0 aromatic heterocycles. The average Bonchev–Trinajstić information content (AvgIpc) is 1.87. The standard InChI is InChI=1S/C6H9NO4/c1-3(5(8)9)7-4(2)6(10)11/h4,7H,1H2,2H3,(H,8,9)(H,10,11)/t4-/m0/s1. The summed E-state index contributed by atoms with van der Waals surface area (Å²) in [5.41, 5.74) is -0.320. The molecule has 0 unspecified atom stereocenters. The summed E-state index contributed by atoms with van der Waals surface area (Å²) < 4.78 is 0. The second kappa shape index (κ2) is 3.60. The Morgan fingerprint density at radius 2 is 1.91 bits per heavy atom. The molecule has 0 amide bonds. The fourth-order valence-corrected chi connectivity index (χ4v) is 0.385. The molecule has 0 radical (unpaired) electrons. The van der Waals surface area contributed by atoms with Gasteiger partial charge >= 0.3 is 11.9 Å². The molecular formula is C6H9NO4. The molecule has 0 spiro atoms. The third-order valence-electron chi connectivity index (χ3n) is 1.02. The lowest BCUT2D eigenvalue weighted by Crippen LogP contribution is -2.35. The lowest BCUT2D eigenvalue weighted by atomic mass is 10.3. The number of rotatable bonds is 4. The third kappa shape index (κ3) is 3.24. The van der Waals surface area contributed by atoms with Crippen molar-refractivity contribution in [2.45, 2.75) is 13.0 Å². The fraction of sp³-hybridized carbons (Fsp3) is 0.333. The zero-order valence-corrected chi connectivity index (χ0v) is 6.00. The number of nitrogens with one attached hydrogen (secondary N) is 1. The maximum absolute atomic E-state index is 10.2. The van der Waals surface area contributed by atoms with E-state index in [0.717, 1.165) is 0 Å². The minimum atomic E-state index is -1.25. The molecule has 3 N–H and O–H groups in total. The summed E-state index contributed by atoms with van der Waals surface area (Å²) in [5, 5.41) is 18.8.